The Morgan fingerprint density at radius 2 is 2.18 bits per heavy atom. The summed E-state index contributed by atoms with van der Waals surface area (Å²) in [5.41, 5.74) is 3.22. The molecule has 1 rings (SSSR count). The second-order valence-corrected chi connectivity index (χ2v) is 2.95. The van der Waals surface area contributed by atoms with Gasteiger partial charge in [0.15, 0.2) is 0 Å². The highest BCUT2D eigenvalue weighted by molar-refractivity contribution is 5.80. The van der Waals surface area contributed by atoms with Crippen molar-refractivity contribution in [2.75, 3.05) is 0 Å². The van der Waals surface area contributed by atoms with Crippen LogP contribution < -0.4 is 0 Å². The van der Waals surface area contributed by atoms with E-state index in [4.69, 9.17) is 5.41 Å². The van der Waals surface area contributed by atoms with E-state index in [0.29, 0.717) is 0 Å². The predicted molar refractivity (Wildman–Crippen MR) is 48.3 cm³/mol. The molecule has 1 heteroatoms. The topological polar surface area (TPSA) is 23.9 Å². The van der Waals surface area contributed by atoms with Crippen molar-refractivity contribution in [3.63, 3.8) is 0 Å². The highest BCUT2D eigenvalue weighted by Gasteiger charge is 1.93. The lowest BCUT2D eigenvalue weighted by Gasteiger charge is -1.99. The van der Waals surface area contributed by atoms with Crippen LogP contribution in [0.4, 0.5) is 0 Å². The maximum atomic E-state index is 7.30. The first-order valence-corrected chi connectivity index (χ1v) is 3.78. The summed E-state index contributed by atoms with van der Waals surface area (Å²) in [7, 11) is 0. The number of nitrogens with one attached hydrogen (secondary N) is 1. The van der Waals surface area contributed by atoms with Gasteiger partial charge in [0.25, 0.3) is 0 Å². The lowest BCUT2D eigenvalue weighted by molar-refractivity contribution is 1.25. The summed E-state index contributed by atoms with van der Waals surface area (Å²) < 4.78 is 0. The van der Waals surface area contributed by atoms with E-state index in [1.54, 1.807) is 0 Å². The molecule has 11 heavy (non-hydrogen) atoms. The first-order valence-electron chi connectivity index (χ1n) is 3.78. The van der Waals surface area contributed by atoms with Crippen molar-refractivity contribution in [2.45, 2.75) is 20.3 Å². The van der Waals surface area contributed by atoms with Gasteiger partial charge >= 0.3 is 0 Å². The monoisotopic (exact) mass is 147 g/mol. The fraction of sp³-hybridized carbons (Fsp3) is 0.300. The molecule has 0 bridgehead atoms. The molecule has 0 aromatic heterocycles. The summed E-state index contributed by atoms with van der Waals surface area (Å²) in [6.45, 7) is 3.91. The first kappa shape index (κ1) is 7.99. The van der Waals surface area contributed by atoms with E-state index in [-0.39, 0.29) is 0 Å². The Hall–Kier alpha value is -1.11. The van der Waals surface area contributed by atoms with Crippen LogP contribution in [-0.4, -0.2) is 5.71 Å². The van der Waals surface area contributed by atoms with Gasteiger partial charge in [0.05, 0.1) is 0 Å². The zero-order valence-corrected chi connectivity index (χ0v) is 7.02. The maximum absolute atomic E-state index is 7.30. The normalized spacial score (nSPS) is 9.64. The van der Waals surface area contributed by atoms with Crippen LogP contribution in [0.3, 0.4) is 0 Å². The van der Waals surface area contributed by atoms with Gasteiger partial charge in [-0.15, -0.1) is 0 Å². The Bertz CT molecular complexity index is 263. The zero-order chi connectivity index (χ0) is 8.27. The molecular formula is C10H13N. The minimum Gasteiger partial charge on any atom is -0.310 e. The molecule has 0 saturated carbocycles. The zero-order valence-electron chi connectivity index (χ0n) is 7.02. The van der Waals surface area contributed by atoms with Gasteiger partial charge in [0.2, 0.25) is 0 Å². The van der Waals surface area contributed by atoms with Gasteiger partial charge in [-0.05, 0) is 19.4 Å². The minimum atomic E-state index is 0.718. The van der Waals surface area contributed by atoms with E-state index < -0.39 is 0 Å². The van der Waals surface area contributed by atoms with Gasteiger partial charge in [-0.3, -0.25) is 0 Å². The third kappa shape index (κ3) is 2.54. The minimum absolute atomic E-state index is 0.718. The van der Waals surface area contributed by atoms with Crippen LogP contribution in [0.5, 0.6) is 0 Å². The summed E-state index contributed by atoms with van der Waals surface area (Å²) in [6, 6.07) is 8.29. The van der Waals surface area contributed by atoms with Crippen molar-refractivity contribution in [1.29, 1.82) is 5.41 Å². The largest absolute Gasteiger partial charge is 0.310 e. The third-order valence-corrected chi connectivity index (χ3v) is 1.55. The molecule has 0 radical (unpaired) electrons. The molecule has 1 N–H and O–H groups in total. The van der Waals surface area contributed by atoms with E-state index in [1.165, 1.54) is 11.1 Å². The van der Waals surface area contributed by atoms with Gasteiger partial charge in [-0.2, -0.15) is 0 Å². The molecule has 0 spiro atoms. The van der Waals surface area contributed by atoms with Gasteiger partial charge in [0, 0.05) is 12.1 Å². The van der Waals surface area contributed by atoms with Crippen LogP contribution in [0.15, 0.2) is 24.3 Å². The highest BCUT2D eigenvalue weighted by atomic mass is 14.4. The van der Waals surface area contributed by atoms with Gasteiger partial charge in [-0.25, -0.2) is 0 Å². The lowest BCUT2D eigenvalue weighted by Crippen LogP contribution is -1.94. The summed E-state index contributed by atoms with van der Waals surface area (Å²) in [5, 5.41) is 7.30. The van der Waals surface area contributed by atoms with Crippen LogP contribution in [-0.2, 0) is 6.42 Å². The van der Waals surface area contributed by atoms with Crippen LogP contribution in [0.2, 0.25) is 0 Å². The van der Waals surface area contributed by atoms with E-state index in [0.717, 1.165) is 12.1 Å². The molecule has 1 aromatic carbocycles. The molecule has 0 aliphatic carbocycles. The Kier molecular flexibility index (Phi) is 2.42. The van der Waals surface area contributed by atoms with Crippen LogP contribution in [0, 0.1) is 12.3 Å². The highest BCUT2D eigenvalue weighted by Crippen LogP contribution is 2.04. The molecule has 0 heterocycles. The Labute approximate surface area is 67.6 Å². The molecule has 0 amide bonds. The number of aryl methyl sites for hydroxylation is 1. The van der Waals surface area contributed by atoms with E-state index in [9.17, 15) is 0 Å². The van der Waals surface area contributed by atoms with Gasteiger partial charge < -0.3 is 5.41 Å². The fourth-order valence-corrected chi connectivity index (χ4v) is 1.13. The van der Waals surface area contributed by atoms with Crippen molar-refractivity contribution in [2.24, 2.45) is 0 Å². The standard InChI is InChI=1S/C10H13N/c1-8-4-3-5-10(6-8)7-9(2)11/h3-6,11H,7H2,1-2H3. The molecule has 0 fully saturated rings. The van der Waals surface area contributed by atoms with E-state index in [2.05, 4.69) is 25.1 Å². The van der Waals surface area contributed by atoms with E-state index >= 15 is 0 Å². The number of rotatable bonds is 2. The second-order valence-electron chi connectivity index (χ2n) is 2.95. The SMILES string of the molecule is CC(=N)Cc1cccc(C)c1. The van der Waals surface area contributed by atoms with E-state index in [1.807, 2.05) is 13.0 Å². The molecule has 0 atom stereocenters. The summed E-state index contributed by atoms with van der Waals surface area (Å²) >= 11 is 0. The predicted octanol–water partition coefficient (Wildman–Crippen LogP) is 2.58. The fourth-order valence-electron chi connectivity index (χ4n) is 1.13. The molecule has 0 aliphatic rings. The van der Waals surface area contributed by atoms with Crippen molar-refractivity contribution in [3.05, 3.63) is 35.4 Å². The smallest absolute Gasteiger partial charge is 0.0102 e. The van der Waals surface area contributed by atoms with Gasteiger partial charge in [-0.1, -0.05) is 29.8 Å². The van der Waals surface area contributed by atoms with Crippen molar-refractivity contribution in [1.82, 2.24) is 0 Å². The number of benzene rings is 1. The molecule has 0 saturated heterocycles. The average molecular weight is 147 g/mol. The maximum Gasteiger partial charge on any atom is 0.0102 e. The Morgan fingerprint density at radius 1 is 1.45 bits per heavy atom. The van der Waals surface area contributed by atoms with Crippen molar-refractivity contribution in [3.8, 4) is 0 Å². The third-order valence-electron chi connectivity index (χ3n) is 1.55. The average Bonchev–Trinajstić information content (AvgIpc) is 1.85. The summed E-state index contributed by atoms with van der Waals surface area (Å²) in [5.74, 6) is 0. The number of hydrogen-bond donors (Lipinski definition) is 1. The summed E-state index contributed by atoms with van der Waals surface area (Å²) in [4.78, 5) is 0. The van der Waals surface area contributed by atoms with Crippen LogP contribution >= 0.6 is 0 Å². The Balaban J connectivity index is 2.79. The van der Waals surface area contributed by atoms with Crippen LogP contribution in [0.25, 0.3) is 0 Å². The van der Waals surface area contributed by atoms with Crippen molar-refractivity contribution < 1.29 is 0 Å². The lowest BCUT2D eigenvalue weighted by atomic mass is 10.1. The van der Waals surface area contributed by atoms with Crippen molar-refractivity contribution >= 4 is 5.71 Å². The van der Waals surface area contributed by atoms with Crippen LogP contribution in [0.1, 0.15) is 18.1 Å². The first-order chi connectivity index (χ1) is 5.18. The summed E-state index contributed by atoms with van der Waals surface area (Å²) in [6.07, 6.45) is 0.779. The molecule has 1 aromatic rings. The molecule has 58 valence electrons. The quantitative estimate of drug-likeness (QED) is 0.622. The second kappa shape index (κ2) is 3.33. The molecule has 0 unspecified atom stereocenters. The molecule has 1 nitrogen and oxygen atoms in total. The Morgan fingerprint density at radius 3 is 2.73 bits per heavy atom. The van der Waals surface area contributed by atoms with Gasteiger partial charge in [0.1, 0.15) is 0 Å². The number of hydrogen-bond acceptors (Lipinski definition) is 1. The molecule has 0 aliphatic heterocycles. The molecular weight excluding hydrogens is 134 g/mol.